The van der Waals surface area contributed by atoms with Crippen LogP contribution in [0.25, 0.3) is 6.08 Å². The molecule has 7 heteroatoms. The number of nitrogens with zero attached hydrogens (tertiary/aromatic N) is 1. The zero-order valence-corrected chi connectivity index (χ0v) is 14.8. The highest BCUT2D eigenvalue weighted by atomic mass is 32.2. The summed E-state index contributed by atoms with van der Waals surface area (Å²) >= 11 is 0. The van der Waals surface area contributed by atoms with Crippen LogP contribution in [0.5, 0.6) is 0 Å². The maximum Gasteiger partial charge on any atom is 0.248 e. The molecule has 1 saturated heterocycles. The number of hydrogen-bond donors (Lipinski definition) is 1. The predicted octanol–water partition coefficient (Wildman–Crippen LogP) is 3.02. The van der Waals surface area contributed by atoms with E-state index in [-0.39, 0.29) is 10.8 Å². The van der Waals surface area contributed by atoms with Crippen molar-refractivity contribution in [1.29, 1.82) is 0 Å². The van der Waals surface area contributed by atoms with Crippen LogP contribution in [0.2, 0.25) is 0 Å². The number of sulfonamides is 1. The first kappa shape index (κ1) is 17.4. The Morgan fingerprint density at radius 1 is 1.12 bits per heavy atom. The van der Waals surface area contributed by atoms with Crippen molar-refractivity contribution >= 4 is 27.7 Å². The fraction of sp³-hybridized carbons (Fsp3) is 0.278. The Labute approximate surface area is 147 Å². The first-order valence-electron chi connectivity index (χ1n) is 8.11. The van der Waals surface area contributed by atoms with Gasteiger partial charge in [-0.1, -0.05) is 0 Å². The van der Waals surface area contributed by atoms with Crippen LogP contribution in [-0.4, -0.2) is 31.7 Å². The number of carbonyl (C=O) groups is 1. The number of amides is 1. The van der Waals surface area contributed by atoms with E-state index in [1.54, 1.807) is 24.3 Å². The number of furan rings is 1. The molecule has 1 amide bonds. The highest BCUT2D eigenvalue weighted by Gasteiger charge is 2.26. The number of anilines is 1. The molecular weight excluding hydrogens is 340 g/mol. The molecule has 2 heterocycles. The predicted molar refractivity (Wildman–Crippen MR) is 95.5 cm³/mol. The van der Waals surface area contributed by atoms with Gasteiger partial charge in [0.2, 0.25) is 15.9 Å². The van der Waals surface area contributed by atoms with Gasteiger partial charge in [0.1, 0.15) is 11.5 Å². The molecule has 2 aromatic rings. The van der Waals surface area contributed by atoms with Crippen molar-refractivity contribution in [2.45, 2.75) is 24.7 Å². The first-order chi connectivity index (χ1) is 11.9. The molecule has 25 heavy (non-hydrogen) atoms. The fourth-order valence-electron chi connectivity index (χ4n) is 2.67. The number of hydrogen-bond acceptors (Lipinski definition) is 4. The third-order valence-electron chi connectivity index (χ3n) is 3.98. The Bertz CT molecular complexity index is 876. The van der Waals surface area contributed by atoms with E-state index in [2.05, 4.69) is 5.32 Å². The summed E-state index contributed by atoms with van der Waals surface area (Å²) in [6.45, 7) is 2.96. The van der Waals surface area contributed by atoms with Crippen LogP contribution in [0, 0.1) is 6.92 Å². The summed E-state index contributed by atoms with van der Waals surface area (Å²) in [5.74, 6) is 1.05. The quantitative estimate of drug-likeness (QED) is 0.831. The van der Waals surface area contributed by atoms with Crippen molar-refractivity contribution in [3.8, 4) is 0 Å². The fourth-order valence-corrected chi connectivity index (χ4v) is 4.19. The highest BCUT2D eigenvalue weighted by molar-refractivity contribution is 7.89. The van der Waals surface area contributed by atoms with E-state index in [1.807, 2.05) is 13.0 Å². The van der Waals surface area contributed by atoms with E-state index >= 15 is 0 Å². The topological polar surface area (TPSA) is 79.6 Å². The van der Waals surface area contributed by atoms with Crippen molar-refractivity contribution in [3.63, 3.8) is 0 Å². The lowest BCUT2D eigenvalue weighted by atomic mass is 10.3. The van der Waals surface area contributed by atoms with Gasteiger partial charge in [-0.25, -0.2) is 8.42 Å². The van der Waals surface area contributed by atoms with Crippen molar-refractivity contribution < 1.29 is 17.6 Å². The number of benzene rings is 1. The maximum absolute atomic E-state index is 12.4. The van der Waals surface area contributed by atoms with E-state index in [4.69, 9.17) is 4.42 Å². The third kappa shape index (κ3) is 4.18. The number of nitrogens with one attached hydrogen (secondary N) is 1. The van der Waals surface area contributed by atoms with Crippen LogP contribution in [-0.2, 0) is 14.8 Å². The molecule has 1 fully saturated rings. The molecule has 0 radical (unpaired) electrons. The standard InChI is InChI=1S/C18H20N2O4S/c1-14-4-7-16(24-14)8-11-18(21)19-15-5-9-17(10-6-15)25(22,23)20-12-2-3-13-20/h4-11H,2-3,12-13H2,1H3,(H,19,21)/b11-8+. The molecular formula is C18H20N2O4S. The van der Waals surface area contributed by atoms with Crippen molar-refractivity contribution in [1.82, 2.24) is 4.31 Å². The number of carbonyl (C=O) groups excluding carboxylic acids is 1. The lowest BCUT2D eigenvalue weighted by Gasteiger charge is -2.15. The molecule has 1 aromatic heterocycles. The second-order valence-electron chi connectivity index (χ2n) is 5.91. The number of rotatable bonds is 5. The molecule has 0 atom stereocenters. The Morgan fingerprint density at radius 2 is 1.80 bits per heavy atom. The lowest BCUT2D eigenvalue weighted by molar-refractivity contribution is -0.111. The summed E-state index contributed by atoms with van der Waals surface area (Å²) in [5.41, 5.74) is 0.533. The van der Waals surface area contributed by atoms with Crippen LogP contribution in [0.4, 0.5) is 5.69 Å². The van der Waals surface area contributed by atoms with Gasteiger partial charge >= 0.3 is 0 Å². The largest absolute Gasteiger partial charge is 0.462 e. The van der Waals surface area contributed by atoms with Crippen LogP contribution in [0.1, 0.15) is 24.4 Å². The Balaban J connectivity index is 1.64. The summed E-state index contributed by atoms with van der Waals surface area (Å²) in [7, 11) is -3.43. The normalized spacial score (nSPS) is 15.7. The van der Waals surface area contributed by atoms with Crippen LogP contribution >= 0.6 is 0 Å². The second-order valence-corrected chi connectivity index (χ2v) is 7.84. The average Bonchev–Trinajstić information content (AvgIpc) is 3.25. The Hall–Kier alpha value is -2.38. The number of aryl methyl sites for hydroxylation is 1. The molecule has 1 aliphatic heterocycles. The maximum atomic E-state index is 12.4. The molecule has 1 aliphatic rings. The van der Waals surface area contributed by atoms with Gasteiger partial charge in [-0.3, -0.25) is 4.79 Å². The summed E-state index contributed by atoms with van der Waals surface area (Å²) in [4.78, 5) is 12.2. The zero-order valence-electron chi connectivity index (χ0n) is 13.9. The van der Waals surface area contributed by atoms with Crippen molar-refractivity contribution in [2.24, 2.45) is 0 Å². The van der Waals surface area contributed by atoms with Crippen LogP contribution in [0.15, 0.2) is 51.8 Å². The summed E-state index contributed by atoms with van der Waals surface area (Å²) in [5, 5.41) is 2.69. The van der Waals surface area contributed by atoms with Gasteiger partial charge in [-0.2, -0.15) is 4.31 Å². The van der Waals surface area contributed by atoms with E-state index in [0.717, 1.165) is 18.6 Å². The smallest absolute Gasteiger partial charge is 0.248 e. The Morgan fingerprint density at radius 3 is 2.40 bits per heavy atom. The van der Waals surface area contributed by atoms with Crippen LogP contribution < -0.4 is 5.32 Å². The van der Waals surface area contributed by atoms with E-state index in [9.17, 15) is 13.2 Å². The first-order valence-corrected chi connectivity index (χ1v) is 9.55. The minimum absolute atomic E-state index is 0.244. The van der Waals surface area contributed by atoms with Crippen molar-refractivity contribution in [3.05, 3.63) is 54.0 Å². The van der Waals surface area contributed by atoms with E-state index < -0.39 is 10.0 Å². The average molecular weight is 360 g/mol. The van der Waals surface area contributed by atoms with Gasteiger partial charge in [-0.15, -0.1) is 0 Å². The van der Waals surface area contributed by atoms with Gasteiger partial charge in [0.05, 0.1) is 4.90 Å². The van der Waals surface area contributed by atoms with Gasteiger partial charge in [-0.05, 0) is 62.2 Å². The molecule has 132 valence electrons. The molecule has 0 spiro atoms. The minimum Gasteiger partial charge on any atom is -0.462 e. The molecule has 1 aromatic carbocycles. The third-order valence-corrected chi connectivity index (χ3v) is 5.90. The van der Waals surface area contributed by atoms with Gasteiger partial charge in [0, 0.05) is 24.9 Å². The summed E-state index contributed by atoms with van der Waals surface area (Å²) < 4.78 is 31.7. The van der Waals surface area contributed by atoms with Crippen molar-refractivity contribution in [2.75, 3.05) is 18.4 Å². The highest BCUT2D eigenvalue weighted by Crippen LogP contribution is 2.22. The monoisotopic (exact) mass is 360 g/mol. The van der Waals surface area contributed by atoms with Gasteiger partial charge < -0.3 is 9.73 Å². The van der Waals surface area contributed by atoms with Gasteiger partial charge in [0.25, 0.3) is 0 Å². The molecule has 6 nitrogen and oxygen atoms in total. The molecule has 1 N–H and O–H groups in total. The molecule has 0 bridgehead atoms. The molecule has 0 unspecified atom stereocenters. The SMILES string of the molecule is Cc1ccc(/C=C/C(=O)Nc2ccc(S(=O)(=O)N3CCCC3)cc2)o1. The lowest BCUT2D eigenvalue weighted by Crippen LogP contribution is -2.27. The second kappa shape index (κ2) is 7.25. The summed E-state index contributed by atoms with van der Waals surface area (Å²) in [6, 6.07) is 9.80. The zero-order chi connectivity index (χ0) is 17.9. The van der Waals surface area contributed by atoms with E-state index in [1.165, 1.54) is 22.5 Å². The molecule has 3 rings (SSSR count). The molecule has 0 aliphatic carbocycles. The minimum atomic E-state index is -3.43. The van der Waals surface area contributed by atoms with Crippen LogP contribution in [0.3, 0.4) is 0 Å². The Kier molecular flexibility index (Phi) is 5.06. The molecule has 0 saturated carbocycles. The van der Waals surface area contributed by atoms with E-state index in [0.29, 0.717) is 24.5 Å². The van der Waals surface area contributed by atoms with Gasteiger partial charge in [0.15, 0.2) is 0 Å². The summed E-state index contributed by atoms with van der Waals surface area (Å²) in [6.07, 6.45) is 4.74.